The lowest BCUT2D eigenvalue weighted by Crippen LogP contribution is -2.42. The Morgan fingerprint density at radius 2 is 1.97 bits per heavy atom. The quantitative estimate of drug-likeness (QED) is 0.783. The number of para-hydroxylation sites is 1. The molecular weight excluding hydrogens is 408 g/mol. The van der Waals surface area contributed by atoms with Crippen LogP contribution in [0.15, 0.2) is 58.5 Å². The third-order valence-electron chi connectivity index (χ3n) is 4.68. The molecule has 0 aromatic heterocycles. The molecule has 0 saturated heterocycles. The zero-order valence-electron chi connectivity index (χ0n) is 15.9. The third kappa shape index (κ3) is 3.80. The summed E-state index contributed by atoms with van der Waals surface area (Å²) >= 11 is 7.18. The lowest BCUT2D eigenvalue weighted by atomic mass is 10.1. The van der Waals surface area contributed by atoms with Crippen molar-refractivity contribution >= 4 is 57.6 Å². The Morgan fingerprint density at radius 1 is 1.24 bits per heavy atom. The number of nitrogens with zero attached hydrogens (tertiary/aromatic N) is 3. The van der Waals surface area contributed by atoms with Crippen LogP contribution in [0.25, 0.3) is 0 Å². The van der Waals surface area contributed by atoms with Crippen LogP contribution in [0, 0.1) is 0 Å². The van der Waals surface area contributed by atoms with Gasteiger partial charge >= 0.3 is 0 Å². The van der Waals surface area contributed by atoms with E-state index in [1.165, 1.54) is 16.7 Å². The average Bonchev–Trinajstić information content (AvgIpc) is 3.03. The zero-order valence-corrected chi connectivity index (χ0v) is 17.5. The summed E-state index contributed by atoms with van der Waals surface area (Å²) in [6, 6.07) is 14.1. The topological polar surface area (TPSA) is 74.1 Å². The number of hydrogen-bond donors (Lipinski definition) is 1. The van der Waals surface area contributed by atoms with Gasteiger partial charge in [-0.1, -0.05) is 42.4 Å². The van der Waals surface area contributed by atoms with Crippen molar-refractivity contribution < 1.29 is 9.59 Å². The van der Waals surface area contributed by atoms with E-state index in [-0.39, 0.29) is 11.8 Å². The van der Waals surface area contributed by atoms with Crippen LogP contribution < -0.4 is 5.32 Å². The largest absolute Gasteiger partial charge is 0.325 e. The molecule has 2 aliphatic rings. The molecule has 0 bridgehead atoms. The number of nitrogens with one attached hydrogen (secondary N) is 1. The molecular formula is C21H19ClN4O2S. The maximum Gasteiger partial charge on any atom is 0.258 e. The molecule has 1 N–H and O–H groups in total. The number of fused-ring (bicyclic) bond motifs is 3. The lowest BCUT2D eigenvalue weighted by Gasteiger charge is -2.27. The van der Waals surface area contributed by atoms with Crippen molar-refractivity contribution in [2.24, 2.45) is 9.98 Å². The van der Waals surface area contributed by atoms with Gasteiger partial charge in [0.25, 0.3) is 5.91 Å². The maximum absolute atomic E-state index is 12.8. The van der Waals surface area contributed by atoms with Crippen molar-refractivity contribution in [3.63, 3.8) is 0 Å². The minimum Gasteiger partial charge on any atom is -0.325 e. The molecule has 29 heavy (non-hydrogen) atoms. The summed E-state index contributed by atoms with van der Waals surface area (Å²) in [5.74, 6) is 0.317. The van der Waals surface area contributed by atoms with Crippen molar-refractivity contribution in [3.8, 4) is 0 Å². The van der Waals surface area contributed by atoms with Crippen LogP contribution in [0.5, 0.6) is 0 Å². The molecule has 8 heteroatoms. The molecule has 0 aliphatic carbocycles. The normalized spacial score (nSPS) is 18.5. The highest BCUT2D eigenvalue weighted by atomic mass is 35.5. The first kappa shape index (κ1) is 19.7. The predicted molar refractivity (Wildman–Crippen MR) is 118 cm³/mol. The Labute approximate surface area is 178 Å². The van der Waals surface area contributed by atoms with Crippen molar-refractivity contribution in [2.45, 2.75) is 31.6 Å². The van der Waals surface area contributed by atoms with E-state index in [2.05, 4.69) is 15.3 Å². The van der Waals surface area contributed by atoms with E-state index in [1.807, 2.05) is 31.2 Å². The van der Waals surface area contributed by atoms with Crippen LogP contribution in [-0.2, 0) is 9.59 Å². The first-order valence-electron chi connectivity index (χ1n) is 9.31. The van der Waals surface area contributed by atoms with Gasteiger partial charge in [-0.3, -0.25) is 14.6 Å². The number of amidine groups is 2. The van der Waals surface area contributed by atoms with E-state index in [1.54, 1.807) is 31.2 Å². The first-order valence-corrected chi connectivity index (χ1v) is 10.6. The van der Waals surface area contributed by atoms with E-state index in [0.717, 1.165) is 11.3 Å². The second kappa shape index (κ2) is 8.00. The lowest BCUT2D eigenvalue weighted by molar-refractivity contribution is -0.124. The number of halogens is 1. The molecule has 2 amide bonds. The summed E-state index contributed by atoms with van der Waals surface area (Å²) in [4.78, 5) is 36.3. The van der Waals surface area contributed by atoms with Crippen molar-refractivity contribution in [1.29, 1.82) is 0 Å². The number of amides is 2. The van der Waals surface area contributed by atoms with Crippen LogP contribution in [0.4, 0.5) is 11.4 Å². The summed E-state index contributed by atoms with van der Waals surface area (Å²) in [6.45, 7) is 3.70. The molecule has 6 nitrogen and oxygen atoms in total. The van der Waals surface area contributed by atoms with E-state index in [9.17, 15) is 9.59 Å². The van der Waals surface area contributed by atoms with Gasteiger partial charge in [0.15, 0.2) is 5.17 Å². The number of carbonyl (C=O) groups is 2. The standard InChI is InChI=1S/C21H19ClN4O2S/c1-3-17(19(27)24-14-10-8-13(22)9-11-14)29-21-25-16-7-5-4-6-15(16)18-23-12(2)20(28)26(18)21/h4-12,17H,3H2,1-2H3,(H,24,27)/t12-,17+/m0/s1. The number of carbonyl (C=O) groups excluding carboxylic acids is 2. The first-order chi connectivity index (χ1) is 14.0. The van der Waals surface area contributed by atoms with E-state index < -0.39 is 11.3 Å². The summed E-state index contributed by atoms with van der Waals surface area (Å²) in [5, 5.41) is 3.57. The molecule has 0 fully saturated rings. The van der Waals surface area contributed by atoms with Gasteiger partial charge in [-0.2, -0.15) is 0 Å². The molecule has 2 aliphatic heterocycles. The summed E-state index contributed by atoms with van der Waals surface area (Å²) in [7, 11) is 0. The van der Waals surface area contributed by atoms with Crippen LogP contribution >= 0.6 is 23.4 Å². The summed E-state index contributed by atoms with van der Waals surface area (Å²) < 4.78 is 0. The highest BCUT2D eigenvalue weighted by molar-refractivity contribution is 8.15. The summed E-state index contributed by atoms with van der Waals surface area (Å²) in [5.41, 5.74) is 2.25. The van der Waals surface area contributed by atoms with Crippen LogP contribution in [0.2, 0.25) is 5.02 Å². The highest BCUT2D eigenvalue weighted by Crippen LogP contribution is 2.35. The molecule has 2 heterocycles. The number of hydrogen-bond acceptors (Lipinski definition) is 5. The van der Waals surface area contributed by atoms with E-state index >= 15 is 0 Å². The Morgan fingerprint density at radius 3 is 2.69 bits per heavy atom. The van der Waals surface area contributed by atoms with Gasteiger partial charge in [0.1, 0.15) is 11.9 Å². The van der Waals surface area contributed by atoms with E-state index in [4.69, 9.17) is 11.6 Å². The number of aliphatic imine (C=N–C) groups is 2. The van der Waals surface area contributed by atoms with Crippen LogP contribution in [0.1, 0.15) is 25.8 Å². The second-order valence-corrected chi connectivity index (χ2v) is 8.33. The number of benzene rings is 2. The fourth-order valence-electron chi connectivity index (χ4n) is 3.16. The van der Waals surface area contributed by atoms with Crippen LogP contribution in [-0.4, -0.2) is 39.0 Å². The Hall–Kier alpha value is -2.64. The Kier molecular flexibility index (Phi) is 5.43. The molecule has 2 atom stereocenters. The molecule has 0 unspecified atom stereocenters. The SMILES string of the molecule is CC[C@@H](SC1=Nc2ccccc2C2=N[C@@H](C)C(=O)N12)C(=O)Nc1ccc(Cl)cc1. The monoisotopic (exact) mass is 426 g/mol. The molecule has 4 rings (SSSR count). The number of rotatable bonds is 4. The van der Waals surface area contributed by atoms with Gasteiger partial charge < -0.3 is 5.32 Å². The number of thioether (sulfide) groups is 1. The van der Waals surface area contributed by atoms with Gasteiger partial charge in [0, 0.05) is 16.3 Å². The van der Waals surface area contributed by atoms with Gasteiger partial charge in [-0.25, -0.2) is 9.89 Å². The van der Waals surface area contributed by atoms with Gasteiger partial charge in [-0.05, 0) is 49.7 Å². The minimum atomic E-state index is -0.468. The van der Waals surface area contributed by atoms with Gasteiger partial charge in [-0.15, -0.1) is 0 Å². The van der Waals surface area contributed by atoms with Crippen molar-refractivity contribution in [3.05, 3.63) is 59.1 Å². The maximum atomic E-state index is 12.8. The Bertz CT molecular complexity index is 1040. The Balaban J connectivity index is 1.60. The van der Waals surface area contributed by atoms with Crippen molar-refractivity contribution in [1.82, 2.24) is 4.90 Å². The predicted octanol–water partition coefficient (Wildman–Crippen LogP) is 4.47. The summed E-state index contributed by atoms with van der Waals surface area (Å²) in [6.07, 6.45) is 0.578. The molecule has 2 aromatic carbocycles. The van der Waals surface area contributed by atoms with Gasteiger partial charge in [0.2, 0.25) is 5.91 Å². The van der Waals surface area contributed by atoms with Crippen molar-refractivity contribution in [2.75, 3.05) is 5.32 Å². The van der Waals surface area contributed by atoms with Crippen LogP contribution in [0.3, 0.4) is 0 Å². The molecule has 0 radical (unpaired) electrons. The minimum absolute atomic E-state index is 0.131. The molecule has 0 spiro atoms. The fourth-order valence-corrected chi connectivity index (χ4v) is 4.31. The zero-order chi connectivity index (χ0) is 20.5. The molecule has 2 aromatic rings. The third-order valence-corrected chi connectivity index (χ3v) is 6.25. The number of anilines is 1. The molecule has 0 saturated carbocycles. The smallest absolute Gasteiger partial charge is 0.258 e. The van der Waals surface area contributed by atoms with E-state index in [0.29, 0.717) is 28.1 Å². The highest BCUT2D eigenvalue weighted by Gasteiger charge is 2.40. The molecule has 148 valence electrons. The second-order valence-electron chi connectivity index (χ2n) is 6.72. The van der Waals surface area contributed by atoms with Gasteiger partial charge in [0.05, 0.1) is 10.9 Å². The fraction of sp³-hybridized carbons (Fsp3) is 0.238. The average molecular weight is 427 g/mol.